The van der Waals surface area contributed by atoms with E-state index >= 15 is 0 Å². The monoisotopic (exact) mass is 642 g/mol. The van der Waals surface area contributed by atoms with Crippen LogP contribution in [0.5, 0.6) is 0 Å². The number of benzene rings is 4. The number of fused-ring (bicyclic) bond motifs is 2. The van der Waals surface area contributed by atoms with Crippen LogP contribution in [0.4, 0.5) is 0 Å². The Morgan fingerprint density at radius 1 is 0.587 bits per heavy atom. The summed E-state index contributed by atoms with van der Waals surface area (Å²) < 4.78 is 29.8. The van der Waals surface area contributed by atoms with Gasteiger partial charge in [-0.3, -0.25) is 9.13 Å². The molecule has 3 aliphatic rings. The van der Waals surface area contributed by atoms with Gasteiger partial charge in [0.05, 0.1) is 17.6 Å². The highest BCUT2D eigenvalue weighted by Crippen LogP contribution is 2.30. The Kier molecular flexibility index (Phi) is 5.85. The smallest absolute Gasteiger partial charge is 0.283 e. The van der Waals surface area contributed by atoms with Crippen LogP contribution in [0.1, 0.15) is 11.5 Å². The largest absolute Gasteiger partial charge is 0.442 e. The molecule has 0 aliphatic carbocycles. The molecule has 0 unspecified atom stereocenters. The molecule has 0 amide bonds. The Morgan fingerprint density at radius 2 is 1.15 bits per heavy atom. The van der Waals surface area contributed by atoms with E-state index in [1.165, 1.54) is 5.19 Å². The maximum atomic E-state index is 6.61. The van der Waals surface area contributed by atoms with Crippen LogP contribution in [0.15, 0.2) is 94.3 Å². The van der Waals surface area contributed by atoms with E-state index in [-0.39, 0.29) is 6.61 Å². The highest BCUT2D eigenvalue weighted by atomic mass is 28.4. The summed E-state index contributed by atoms with van der Waals surface area (Å²) in [5, 5.41) is 1.21. The van der Waals surface area contributed by atoms with Crippen molar-refractivity contribution in [3.8, 4) is 11.4 Å². The van der Waals surface area contributed by atoms with Gasteiger partial charge in [0.1, 0.15) is 41.3 Å². The zero-order valence-electron chi connectivity index (χ0n) is 25.8. The molecule has 4 aromatic heterocycles. The highest BCUT2D eigenvalue weighted by Gasteiger charge is 2.34. The Morgan fingerprint density at radius 3 is 1.80 bits per heavy atom. The summed E-state index contributed by atoms with van der Waals surface area (Å²) in [4.78, 5) is 19.2. The number of aromatic nitrogens is 6. The van der Waals surface area contributed by atoms with Gasteiger partial charge >= 0.3 is 0 Å². The van der Waals surface area contributed by atoms with Crippen molar-refractivity contribution >= 4 is 71.6 Å². The summed E-state index contributed by atoms with van der Waals surface area (Å²) in [6.45, 7) is 9.33. The van der Waals surface area contributed by atoms with Crippen LogP contribution in [0.3, 0.4) is 0 Å². The molecule has 3 aliphatic heterocycles. The molecule has 0 N–H and O–H groups in total. The number of nitrogens with zero attached hydrogens (tertiary/aromatic N) is 6. The van der Waals surface area contributed by atoms with Crippen LogP contribution < -0.4 is 10.7 Å². The van der Waals surface area contributed by atoms with Crippen LogP contribution in [0.25, 0.3) is 55.6 Å². The van der Waals surface area contributed by atoms with Gasteiger partial charge in [0.25, 0.3) is 8.32 Å². The molecule has 0 fully saturated rings. The van der Waals surface area contributed by atoms with Crippen LogP contribution in [0, 0.1) is 0 Å². The average Bonchev–Trinajstić information content (AvgIpc) is 3.86. The lowest BCUT2D eigenvalue weighted by atomic mass is 10.2. The summed E-state index contributed by atoms with van der Waals surface area (Å²) in [5.74, 6) is 0.490. The Balaban J connectivity index is 1.20. The molecule has 46 heavy (non-hydrogen) atoms. The summed E-state index contributed by atoms with van der Waals surface area (Å²) in [7, 11) is -4.83. The number of hydrogen-bond donors (Lipinski definition) is 0. The van der Waals surface area contributed by atoms with E-state index in [1.807, 2.05) is 36.9 Å². The van der Waals surface area contributed by atoms with E-state index in [0.29, 0.717) is 29.2 Å². The van der Waals surface area contributed by atoms with E-state index in [0.717, 1.165) is 50.0 Å². The molecule has 228 valence electrons. The number of oxazole rings is 2. The van der Waals surface area contributed by atoms with Gasteiger partial charge < -0.3 is 17.7 Å². The fourth-order valence-corrected chi connectivity index (χ4v) is 9.17. The molecule has 4 aromatic carbocycles. The number of imidazole rings is 2. The number of rotatable bonds is 0. The molecule has 8 aromatic rings. The van der Waals surface area contributed by atoms with E-state index in [2.05, 4.69) is 93.8 Å². The molecule has 8 bridgehead atoms. The molecule has 10 nitrogen and oxygen atoms in total. The maximum Gasteiger partial charge on any atom is 0.283 e. The second kappa shape index (κ2) is 9.81. The van der Waals surface area contributed by atoms with Crippen molar-refractivity contribution in [2.45, 2.75) is 39.4 Å². The normalized spacial score (nSPS) is 16.3. The lowest BCUT2D eigenvalue weighted by molar-refractivity contribution is 0.260. The minimum absolute atomic E-state index is 0.191. The van der Waals surface area contributed by atoms with Crippen LogP contribution in [0.2, 0.25) is 26.2 Å². The van der Waals surface area contributed by atoms with Gasteiger partial charge in [-0.25, -0.2) is 19.9 Å². The molecule has 0 spiro atoms. The molecule has 0 saturated carbocycles. The van der Waals surface area contributed by atoms with Crippen molar-refractivity contribution in [1.29, 1.82) is 0 Å². The topological polar surface area (TPSA) is 106 Å². The molecular weight excluding hydrogens is 613 g/mol. The first-order chi connectivity index (χ1) is 22.2. The standard InChI is InChI=1S/C34H30N6O4Si2/c1-45(2)24-11-9-23(10-12-24)40-20-36-26-14-16-28-31(33(26)40)38-34(44-28)46(3,4)42-18-29-37-30-27(43-29)15-13-25-32(30)39(19-35-25)22-7-5-21(6-8-22)17-41-45/h5-16,19-20H,17-18H2,1-4H3. The number of hydrogen-bond acceptors (Lipinski definition) is 8. The zero-order chi connectivity index (χ0) is 31.2. The van der Waals surface area contributed by atoms with Gasteiger partial charge in [-0.2, -0.15) is 0 Å². The molecule has 11 rings (SSSR count). The molecule has 7 heterocycles. The maximum absolute atomic E-state index is 6.61. The fourth-order valence-electron chi connectivity index (χ4n) is 6.16. The minimum Gasteiger partial charge on any atom is -0.442 e. The van der Waals surface area contributed by atoms with E-state index in [9.17, 15) is 0 Å². The van der Waals surface area contributed by atoms with Crippen molar-refractivity contribution in [3.63, 3.8) is 0 Å². The first-order valence-corrected chi connectivity index (χ1v) is 21.1. The van der Waals surface area contributed by atoms with E-state index < -0.39 is 16.6 Å². The van der Waals surface area contributed by atoms with Gasteiger partial charge in [-0.15, -0.1) is 0 Å². The molecule has 0 radical (unpaired) electrons. The van der Waals surface area contributed by atoms with Crippen molar-refractivity contribution in [1.82, 2.24) is 29.1 Å². The SMILES string of the molecule is C[Si]1(C)OCc2ccc(cc2)-n2cnc3ccc4oc(nc4c32)CO[Si](C)(C)c2nc3c(ccc4ncn(c43)-c3ccc1cc3)o2. The van der Waals surface area contributed by atoms with Crippen LogP contribution >= 0.6 is 0 Å². The predicted molar refractivity (Wildman–Crippen MR) is 181 cm³/mol. The van der Waals surface area contributed by atoms with Crippen molar-refractivity contribution in [3.05, 3.63) is 96.9 Å². The minimum atomic E-state index is -2.62. The lowest BCUT2D eigenvalue weighted by Gasteiger charge is -2.24. The third kappa shape index (κ3) is 4.29. The fraction of sp³-hybridized carbons (Fsp3) is 0.176. The quantitative estimate of drug-likeness (QED) is 0.180. The van der Waals surface area contributed by atoms with Crippen molar-refractivity contribution < 1.29 is 17.7 Å². The Labute approximate surface area is 265 Å². The predicted octanol–water partition coefficient (Wildman–Crippen LogP) is 6.22. The van der Waals surface area contributed by atoms with Gasteiger partial charge in [-0.1, -0.05) is 24.3 Å². The van der Waals surface area contributed by atoms with E-state index in [1.54, 1.807) is 0 Å². The summed E-state index contributed by atoms with van der Waals surface area (Å²) >= 11 is 0. The second-order valence-corrected chi connectivity index (χ2v) is 20.4. The second-order valence-electron chi connectivity index (χ2n) is 12.7. The van der Waals surface area contributed by atoms with Crippen molar-refractivity contribution in [2.24, 2.45) is 0 Å². The van der Waals surface area contributed by atoms with Gasteiger partial charge in [0.2, 0.25) is 14.2 Å². The molecule has 0 atom stereocenters. The Hall–Kier alpha value is -4.89. The molecule has 12 heteroatoms. The van der Waals surface area contributed by atoms with Gasteiger partial charge in [-0.05, 0) is 85.5 Å². The van der Waals surface area contributed by atoms with Crippen molar-refractivity contribution in [2.75, 3.05) is 0 Å². The summed E-state index contributed by atoms with van der Waals surface area (Å²) in [6.07, 6.45) is 3.67. The first-order valence-electron chi connectivity index (χ1n) is 15.2. The first kappa shape index (κ1) is 27.4. The highest BCUT2D eigenvalue weighted by molar-refractivity contribution is 6.84. The Bertz CT molecular complexity index is 2440. The molecular formula is C34H30N6O4Si2. The van der Waals surface area contributed by atoms with Crippen LogP contribution in [-0.2, 0) is 22.1 Å². The van der Waals surface area contributed by atoms with Gasteiger partial charge in [0, 0.05) is 11.4 Å². The third-order valence-corrected chi connectivity index (χ3v) is 13.6. The summed E-state index contributed by atoms with van der Waals surface area (Å²) in [5.41, 5.74) is 10.0. The lowest BCUT2D eigenvalue weighted by Crippen LogP contribution is -2.45. The average molecular weight is 643 g/mol. The van der Waals surface area contributed by atoms with E-state index in [4.69, 9.17) is 27.7 Å². The van der Waals surface area contributed by atoms with Gasteiger partial charge in [0.15, 0.2) is 16.7 Å². The zero-order valence-corrected chi connectivity index (χ0v) is 27.8. The van der Waals surface area contributed by atoms with Crippen LogP contribution in [-0.4, -0.2) is 45.7 Å². The molecule has 0 saturated heterocycles. The summed E-state index contributed by atoms with van der Waals surface area (Å²) in [6, 6.07) is 24.8. The third-order valence-electron chi connectivity index (χ3n) is 8.90.